The van der Waals surface area contributed by atoms with Gasteiger partial charge in [0.15, 0.2) is 0 Å². The molecule has 4 rings (SSSR count). The quantitative estimate of drug-likeness (QED) is 0.756. The summed E-state index contributed by atoms with van der Waals surface area (Å²) in [6.45, 7) is 0. The van der Waals surface area contributed by atoms with Crippen LogP contribution in [-0.4, -0.2) is 17.1 Å². The van der Waals surface area contributed by atoms with Crippen molar-refractivity contribution in [3.8, 4) is 0 Å². The molecule has 19 heavy (non-hydrogen) atoms. The van der Waals surface area contributed by atoms with Crippen LogP contribution in [-0.2, 0) is 4.84 Å². The number of alkyl halides is 1. The third-order valence-corrected chi connectivity index (χ3v) is 5.81. The van der Waals surface area contributed by atoms with E-state index in [1.165, 1.54) is 30.5 Å². The molecule has 2 bridgehead atoms. The predicted octanol–water partition coefficient (Wildman–Crippen LogP) is 3.97. The standard InChI is InChI=1S/C16H18BrNO/c17-9-13-14(10-4-2-1-3-5-10)15-11-6-7-12(8-11)16(15)19-18-13/h1-5,11-12,14-16H,6-9H2/t11-,12+,14+,15-,16-/m0/s1. The molecule has 5 atom stereocenters. The van der Waals surface area contributed by atoms with E-state index in [2.05, 4.69) is 51.4 Å². The second-order valence-electron chi connectivity index (χ2n) is 6.09. The number of benzene rings is 1. The van der Waals surface area contributed by atoms with Crippen LogP contribution >= 0.6 is 15.9 Å². The molecule has 1 aromatic carbocycles. The Morgan fingerprint density at radius 2 is 1.95 bits per heavy atom. The molecule has 1 aromatic rings. The summed E-state index contributed by atoms with van der Waals surface area (Å²) in [6, 6.07) is 10.9. The maximum Gasteiger partial charge on any atom is 0.134 e. The fourth-order valence-corrected chi connectivity index (χ4v) is 4.94. The van der Waals surface area contributed by atoms with Crippen LogP contribution in [0.3, 0.4) is 0 Å². The summed E-state index contributed by atoms with van der Waals surface area (Å²) in [5.41, 5.74) is 2.58. The molecule has 0 N–H and O–H groups in total. The highest BCUT2D eigenvalue weighted by Gasteiger charge is 2.55. The Hall–Kier alpha value is -0.830. The molecule has 0 amide bonds. The van der Waals surface area contributed by atoms with Crippen molar-refractivity contribution >= 4 is 21.6 Å². The van der Waals surface area contributed by atoms with Gasteiger partial charge in [0.05, 0.1) is 5.71 Å². The summed E-state index contributed by atoms with van der Waals surface area (Å²) < 4.78 is 0. The molecule has 100 valence electrons. The molecule has 3 aliphatic rings. The zero-order valence-electron chi connectivity index (χ0n) is 10.8. The normalized spacial score (nSPS) is 39.6. The number of halogens is 1. The van der Waals surface area contributed by atoms with E-state index in [9.17, 15) is 0 Å². The van der Waals surface area contributed by atoms with E-state index in [1.54, 1.807) is 0 Å². The van der Waals surface area contributed by atoms with E-state index < -0.39 is 0 Å². The third kappa shape index (κ3) is 1.78. The largest absolute Gasteiger partial charge is 0.392 e. The van der Waals surface area contributed by atoms with E-state index in [1.807, 2.05) is 0 Å². The number of oxime groups is 1. The number of hydrogen-bond donors (Lipinski definition) is 0. The smallest absolute Gasteiger partial charge is 0.134 e. The van der Waals surface area contributed by atoms with Crippen LogP contribution in [0.4, 0.5) is 0 Å². The van der Waals surface area contributed by atoms with Gasteiger partial charge in [-0.2, -0.15) is 0 Å². The van der Waals surface area contributed by atoms with Gasteiger partial charge in [0, 0.05) is 17.2 Å². The Morgan fingerprint density at radius 3 is 2.74 bits per heavy atom. The van der Waals surface area contributed by atoms with Crippen molar-refractivity contribution in [3.63, 3.8) is 0 Å². The van der Waals surface area contributed by atoms with Gasteiger partial charge < -0.3 is 4.84 Å². The highest BCUT2D eigenvalue weighted by Crippen LogP contribution is 2.56. The number of fused-ring (bicyclic) bond motifs is 5. The molecule has 2 aliphatic carbocycles. The van der Waals surface area contributed by atoms with Crippen LogP contribution in [0.25, 0.3) is 0 Å². The molecule has 0 saturated heterocycles. The first-order valence-corrected chi connectivity index (χ1v) is 8.34. The summed E-state index contributed by atoms with van der Waals surface area (Å²) in [5, 5.41) is 5.25. The van der Waals surface area contributed by atoms with Crippen LogP contribution in [0.1, 0.15) is 30.7 Å². The van der Waals surface area contributed by atoms with Crippen LogP contribution in [0, 0.1) is 17.8 Å². The Morgan fingerprint density at radius 1 is 1.16 bits per heavy atom. The zero-order chi connectivity index (χ0) is 12.8. The second-order valence-corrected chi connectivity index (χ2v) is 6.65. The summed E-state index contributed by atoms with van der Waals surface area (Å²) in [6.07, 6.45) is 4.44. The number of hydrogen-bond acceptors (Lipinski definition) is 2. The monoisotopic (exact) mass is 319 g/mol. The number of nitrogens with zero attached hydrogens (tertiary/aromatic N) is 1. The minimum absolute atomic E-state index is 0.367. The van der Waals surface area contributed by atoms with Gasteiger partial charge >= 0.3 is 0 Å². The second kappa shape index (κ2) is 4.62. The maximum absolute atomic E-state index is 5.85. The van der Waals surface area contributed by atoms with Crippen molar-refractivity contribution in [1.82, 2.24) is 0 Å². The van der Waals surface area contributed by atoms with E-state index in [-0.39, 0.29) is 0 Å². The van der Waals surface area contributed by atoms with Crippen LogP contribution < -0.4 is 0 Å². The Bertz CT molecular complexity index is 501. The van der Waals surface area contributed by atoms with Gasteiger partial charge in [-0.3, -0.25) is 0 Å². The van der Waals surface area contributed by atoms with Crippen LogP contribution in [0.2, 0.25) is 0 Å². The maximum atomic E-state index is 5.85. The zero-order valence-corrected chi connectivity index (χ0v) is 12.4. The Labute approximate surface area is 122 Å². The van der Waals surface area contributed by atoms with Gasteiger partial charge in [-0.25, -0.2) is 0 Å². The molecule has 0 aromatic heterocycles. The van der Waals surface area contributed by atoms with Crippen molar-refractivity contribution < 1.29 is 4.84 Å². The van der Waals surface area contributed by atoms with E-state index in [4.69, 9.17) is 4.84 Å². The SMILES string of the molecule is BrCC1=NO[C@H]2[C@@H]3CC[C@@H](C3)[C@H]2[C@@H]1c1ccccc1. The molecule has 0 spiro atoms. The van der Waals surface area contributed by atoms with Crippen LogP contribution in [0.5, 0.6) is 0 Å². The third-order valence-electron chi connectivity index (χ3n) is 5.23. The van der Waals surface area contributed by atoms with Crippen LogP contribution in [0.15, 0.2) is 35.5 Å². The fourth-order valence-electron chi connectivity index (χ4n) is 4.49. The highest BCUT2D eigenvalue weighted by atomic mass is 79.9. The van der Waals surface area contributed by atoms with Crippen molar-refractivity contribution in [1.29, 1.82) is 0 Å². The first-order valence-electron chi connectivity index (χ1n) is 7.22. The van der Waals surface area contributed by atoms with Crippen molar-refractivity contribution in [2.45, 2.75) is 31.3 Å². The molecule has 2 nitrogen and oxygen atoms in total. The average Bonchev–Trinajstić information content (AvgIpc) is 3.08. The first-order chi connectivity index (χ1) is 9.38. The van der Waals surface area contributed by atoms with Crippen molar-refractivity contribution in [2.75, 3.05) is 5.33 Å². The van der Waals surface area contributed by atoms with Gasteiger partial charge in [-0.05, 0) is 36.7 Å². The van der Waals surface area contributed by atoms with Gasteiger partial charge in [-0.15, -0.1) is 0 Å². The lowest BCUT2D eigenvalue weighted by molar-refractivity contribution is -0.0327. The topological polar surface area (TPSA) is 21.6 Å². The van der Waals surface area contributed by atoms with Crippen molar-refractivity contribution in [3.05, 3.63) is 35.9 Å². The minimum atomic E-state index is 0.367. The van der Waals surface area contributed by atoms with Gasteiger partial charge in [0.1, 0.15) is 6.10 Å². The lowest BCUT2D eigenvalue weighted by Crippen LogP contribution is -2.41. The summed E-state index contributed by atoms with van der Waals surface area (Å²) >= 11 is 3.59. The Balaban J connectivity index is 1.76. The summed E-state index contributed by atoms with van der Waals surface area (Å²) in [7, 11) is 0. The molecule has 2 saturated carbocycles. The lowest BCUT2D eigenvalue weighted by atomic mass is 9.72. The van der Waals surface area contributed by atoms with E-state index in [0.717, 1.165) is 17.2 Å². The predicted molar refractivity (Wildman–Crippen MR) is 79.6 cm³/mol. The molecule has 2 fully saturated rings. The molecule has 1 aliphatic heterocycles. The lowest BCUT2D eigenvalue weighted by Gasteiger charge is -2.39. The summed E-state index contributed by atoms with van der Waals surface area (Å²) in [5.74, 6) is 2.69. The van der Waals surface area contributed by atoms with Gasteiger partial charge in [0.25, 0.3) is 0 Å². The molecule has 1 heterocycles. The number of rotatable bonds is 2. The fraction of sp³-hybridized carbons (Fsp3) is 0.562. The average molecular weight is 320 g/mol. The summed E-state index contributed by atoms with van der Waals surface area (Å²) in [4.78, 5) is 5.85. The van der Waals surface area contributed by atoms with E-state index in [0.29, 0.717) is 17.9 Å². The van der Waals surface area contributed by atoms with Gasteiger partial charge in [0.2, 0.25) is 0 Å². The molecular formula is C16H18BrNO. The molecule has 3 heteroatoms. The highest BCUT2D eigenvalue weighted by molar-refractivity contribution is 9.09. The molecule has 0 radical (unpaired) electrons. The molecule has 0 unspecified atom stereocenters. The first kappa shape index (κ1) is 12.0. The van der Waals surface area contributed by atoms with Crippen molar-refractivity contribution in [2.24, 2.45) is 22.9 Å². The minimum Gasteiger partial charge on any atom is -0.392 e. The molecular weight excluding hydrogens is 302 g/mol. The van der Waals surface area contributed by atoms with E-state index >= 15 is 0 Å². The van der Waals surface area contributed by atoms with Gasteiger partial charge in [-0.1, -0.05) is 51.4 Å². The Kier molecular flexibility index (Phi) is 2.91.